The van der Waals surface area contributed by atoms with Gasteiger partial charge in [-0.1, -0.05) is 65.7 Å². The predicted molar refractivity (Wildman–Crippen MR) is 129 cm³/mol. The second-order valence-corrected chi connectivity index (χ2v) is 11.0. The maximum absolute atomic E-state index is 12.8. The van der Waals surface area contributed by atoms with Crippen LogP contribution in [0.25, 0.3) is 0 Å². The van der Waals surface area contributed by atoms with E-state index in [9.17, 15) is 16.8 Å². The first-order chi connectivity index (χ1) is 16.5. The molecule has 1 atom stereocenters. The number of hydrogen-bond donors (Lipinski definition) is 0. The van der Waals surface area contributed by atoms with Crippen molar-refractivity contribution in [2.75, 3.05) is 6.61 Å². The molecule has 0 amide bonds. The standard InChI is InChI=1S/C25H28O8S2/c1-19-9-13-23(14-10-19)34(26,27)32-25(33-35(28,29)24-15-11-20(2)12-16-24)18-31-21(3)30-17-22-7-5-4-6-8-22/h4-16,21,25H,17-18H2,1-3H3. The van der Waals surface area contributed by atoms with E-state index in [1.54, 1.807) is 31.2 Å². The predicted octanol–water partition coefficient (Wildman–Crippen LogP) is 4.32. The molecule has 188 valence electrons. The zero-order valence-electron chi connectivity index (χ0n) is 19.7. The van der Waals surface area contributed by atoms with E-state index in [0.29, 0.717) is 0 Å². The number of rotatable bonds is 12. The fourth-order valence-corrected chi connectivity index (χ4v) is 4.89. The van der Waals surface area contributed by atoms with Crippen LogP contribution in [-0.2, 0) is 44.7 Å². The monoisotopic (exact) mass is 520 g/mol. The van der Waals surface area contributed by atoms with E-state index in [1.807, 2.05) is 44.2 Å². The molecule has 0 saturated carbocycles. The SMILES string of the molecule is Cc1ccc(S(=O)(=O)OC(COC(C)OCc2ccccc2)OS(=O)(=O)c2ccc(C)cc2)cc1. The van der Waals surface area contributed by atoms with Crippen molar-refractivity contribution in [1.82, 2.24) is 0 Å². The van der Waals surface area contributed by atoms with Crippen LogP contribution in [0.2, 0.25) is 0 Å². The van der Waals surface area contributed by atoms with E-state index in [2.05, 4.69) is 0 Å². The van der Waals surface area contributed by atoms with Gasteiger partial charge in [-0.2, -0.15) is 16.8 Å². The quantitative estimate of drug-likeness (QED) is 0.257. The van der Waals surface area contributed by atoms with Gasteiger partial charge in [0.2, 0.25) is 6.29 Å². The molecular weight excluding hydrogens is 492 g/mol. The van der Waals surface area contributed by atoms with Crippen molar-refractivity contribution in [2.45, 2.75) is 49.7 Å². The second-order valence-electron chi connectivity index (χ2n) is 7.85. The normalized spacial score (nSPS) is 13.1. The third-order valence-electron chi connectivity index (χ3n) is 4.88. The molecule has 0 aliphatic rings. The lowest BCUT2D eigenvalue weighted by Crippen LogP contribution is -2.31. The lowest BCUT2D eigenvalue weighted by molar-refractivity contribution is -0.171. The molecule has 1 unspecified atom stereocenters. The lowest BCUT2D eigenvalue weighted by Gasteiger charge is -2.21. The van der Waals surface area contributed by atoms with E-state index in [1.165, 1.54) is 24.3 Å². The average molecular weight is 521 g/mol. The third-order valence-corrected chi connectivity index (χ3v) is 7.52. The molecule has 35 heavy (non-hydrogen) atoms. The van der Waals surface area contributed by atoms with Crippen LogP contribution in [0.1, 0.15) is 23.6 Å². The molecule has 3 aromatic carbocycles. The van der Waals surface area contributed by atoms with Crippen molar-refractivity contribution in [2.24, 2.45) is 0 Å². The lowest BCUT2D eigenvalue weighted by atomic mass is 10.2. The Labute approximate surface area is 206 Å². The van der Waals surface area contributed by atoms with Crippen LogP contribution < -0.4 is 0 Å². The van der Waals surface area contributed by atoms with Gasteiger partial charge in [0.25, 0.3) is 20.2 Å². The fourth-order valence-electron chi connectivity index (χ4n) is 2.93. The topological polar surface area (TPSA) is 105 Å². The van der Waals surface area contributed by atoms with E-state index in [-0.39, 0.29) is 16.4 Å². The Hall–Kier alpha value is -2.60. The molecule has 0 saturated heterocycles. The van der Waals surface area contributed by atoms with Gasteiger partial charge in [0.1, 0.15) is 6.61 Å². The van der Waals surface area contributed by atoms with Crippen LogP contribution in [0.4, 0.5) is 0 Å². The Kier molecular flexibility index (Phi) is 9.17. The molecule has 0 bridgehead atoms. The molecule has 8 nitrogen and oxygen atoms in total. The highest BCUT2D eigenvalue weighted by atomic mass is 32.2. The summed E-state index contributed by atoms with van der Waals surface area (Å²) in [6.45, 7) is 4.94. The van der Waals surface area contributed by atoms with E-state index < -0.39 is 39.4 Å². The summed E-state index contributed by atoms with van der Waals surface area (Å²) >= 11 is 0. The maximum atomic E-state index is 12.8. The van der Waals surface area contributed by atoms with Gasteiger partial charge >= 0.3 is 0 Å². The number of aryl methyl sites for hydroxylation is 2. The van der Waals surface area contributed by atoms with Crippen molar-refractivity contribution < 1.29 is 34.7 Å². The summed E-state index contributed by atoms with van der Waals surface area (Å²) in [5.41, 5.74) is 2.62. The molecule has 0 aliphatic heterocycles. The molecule has 0 spiro atoms. The highest BCUT2D eigenvalue weighted by Gasteiger charge is 2.29. The largest absolute Gasteiger partial charge is 0.348 e. The second kappa shape index (κ2) is 11.9. The van der Waals surface area contributed by atoms with Crippen LogP contribution in [0.15, 0.2) is 88.7 Å². The Morgan fingerprint density at radius 2 is 1.11 bits per heavy atom. The fraction of sp³-hybridized carbons (Fsp3) is 0.280. The summed E-state index contributed by atoms with van der Waals surface area (Å²) in [6.07, 6.45) is -2.58. The summed E-state index contributed by atoms with van der Waals surface area (Å²) in [6, 6.07) is 21.2. The van der Waals surface area contributed by atoms with Gasteiger partial charge in [0.15, 0.2) is 6.29 Å². The van der Waals surface area contributed by atoms with Gasteiger partial charge in [-0.15, -0.1) is 0 Å². The third kappa shape index (κ3) is 8.24. The molecule has 3 rings (SSSR count). The van der Waals surface area contributed by atoms with Crippen molar-refractivity contribution in [3.8, 4) is 0 Å². The van der Waals surface area contributed by atoms with Crippen molar-refractivity contribution in [3.05, 3.63) is 95.6 Å². The molecule has 10 heteroatoms. The molecule has 0 heterocycles. The summed E-state index contributed by atoms with van der Waals surface area (Å²) in [5.74, 6) is 0. The van der Waals surface area contributed by atoms with Crippen molar-refractivity contribution in [3.63, 3.8) is 0 Å². The molecule has 0 radical (unpaired) electrons. The van der Waals surface area contributed by atoms with Crippen LogP contribution in [0.5, 0.6) is 0 Å². The van der Waals surface area contributed by atoms with Crippen molar-refractivity contribution >= 4 is 20.2 Å². The van der Waals surface area contributed by atoms with Gasteiger partial charge in [0.05, 0.1) is 16.4 Å². The van der Waals surface area contributed by atoms with Crippen LogP contribution in [-0.4, -0.2) is 36.0 Å². The van der Waals surface area contributed by atoms with Gasteiger partial charge in [0, 0.05) is 0 Å². The number of benzene rings is 3. The highest BCUT2D eigenvalue weighted by molar-refractivity contribution is 7.87. The summed E-state index contributed by atoms with van der Waals surface area (Å²) in [7, 11) is -8.70. The van der Waals surface area contributed by atoms with Gasteiger partial charge in [-0.05, 0) is 50.6 Å². The van der Waals surface area contributed by atoms with Crippen LogP contribution in [0, 0.1) is 13.8 Å². The molecule has 0 N–H and O–H groups in total. The Bertz CT molecular complexity index is 1210. The molecule has 0 fully saturated rings. The zero-order valence-corrected chi connectivity index (χ0v) is 21.3. The molecule has 0 aromatic heterocycles. The first-order valence-corrected chi connectivity index (χ1v) is 13.6. The van der Waals surface area contributed by atoms with E-state index >= 15 is 0 Å². The molecular formula is C25H28O8S2. The molecule has 3 aromatic rings. The number of ether oxygens (including phenoxy) is 2. The average Bonchev–Trinajstić information content (AvgIpc) is 2.82. The van der Waals surface area contributed by atoms with Gasteiger partial charge in [-0.3, -0.25) is 0 Å². The maximum Gasteiger partial charge on any atom is 0.299 e. The van der Waals surface area contributed by atoms with Crippen LogP contribution >= 0.6 is 0 Å². The highest BCUT2D eigenvalue weighted by Crippen LogP contribution is 2.21. The van der Waals surface area contributed by atoms with Crippen LogP contribution in [0.3, 0.4) is 0 Å². The van der Waals surface area contributed by atoms with Gasteiger partial charge in [-0.25, -0.2) is 8.37 Å². The summed E-state index contributed by atoms with van der Waals surface area (Å²) in [4.78, 5) is -0.282. The first-order valence-electron chi connectivity index (χ1n) is 10.8. The number of hydrogen-bond acceptors (Lipinski definition) is 8. The van der Waals surface area contributed by atoms with Crippen molar-refractivity contribution in [1.29, 1.82) is 0 Å². The first kappa shape index (κ1) is 27.0. The Balaban J connectivity index is 1.73. The summed E-state index contributed by atoms with van der Waals surface area (Å²) in [5, 5.41) is 0. The molecule has 0 aliphatic carbocycles. The van der Waals surface area contributed by atoms with Gasteiger partial charge < -0.3 is 9.47 Å². The van der Waals surface area contributed by atoms with E-state index in [4.69, 9.17) is 17.8 Å². The smallest absolute Gasteiger partial charge is 0.299 e. The minimum Gasteiger partial charge on any atom is -0.348 e. The Morgan fingerprint density at radius 3 is 1.57 bits per heavy atom. The summed E-state index contributed by atoms with van der Waals surface area (Å²) < 4.78 is 72.6. The minimum atomic E-state index is -4.35. The Morgan fingerprint density at radius 1 is 0.657 bits per heavy atom. The minimum absolute atomic E-state index is 0.141. The van der Waals surface area contributed by atoms with E-state index in [0.717, 1.165) is 16.7 Å². The zero-order chi connectivity index (χ0) is 25.5.